The summed E-state index contributed by atoms with van der Waals surface area (Å²) in [6, 6.07) is 11.3. The molecule has 0 aliphatic heterocycles. The molecule has 0 spiro atoms. The number of anilines is 1. The number of aryl methyl sites for hydroxylation is 2. The van der Waals surface area contributed by atoms with Crippen LogP contribution in [0, 0.1) is 13.8 Å². The first kappa shape index (κ1) is 17.2. The van der Waals surface area contributed by atoms with Gasteiger partial charge in [-0.3, -0.25) is 4.79 Å². The van der Waals surface area contributed by atoms with Crippen LogP contribution in [0.2, 0.25) is 0 Å². The summed E-state index contributed by atoms with van der Waals surface area (Å²) in [7, 11) is -1.75. The molecule has 130 valence electrons. The van der Waals surface area contributed by atoms with E-state index in [4.69, 9.17) is 5.14 Å². The van der Waals surface area contributed by atoms with Crippen molar-refractivity contribution < 1.29 is 13.2 Å². The minimum absolute atomic E-state index is 0.00213. The van der Waals surface area contributed by atoms with Gasteiger partial charge in [0.1, 0.15) is 0 Å². The number of fused-ring (bicyclic) bond motifs is 1. The molecule has 3 aromatic rings. The molecule has 0 saturated carbocycles. The van der Waals surface area contributed by atoms with Crippen LogP contribution < -0.4 is 10.5 Å². The Hall–Kier alpha value is -2.64. The number of nitrogens with one attached hydrogen (secondary N) is 1. The lowest BCUT2D eigenvalue weighted by molar-refractivity contribution is 0.102. The van der Waals surface area contributed by atoms with Crippen LogP contribution in [-0.2, 0) is 17.1 Å². The van der Waals surface area contributed by atoms with Crippen molar-refractivity contribution in [1.82, 2.24) is 4.57 Å². The highest BCUT2D eigenvalue weighted by Gasteiger charge is 2.13. The van der Waals surface area contributed by atoms with Crippen molar-refractivity contribution in [2.45, 2.75) is 18.7 Å². The highest BCUT2D eigenvalue weighted by molar-refractivity contribution is 7.89. The van der Waals surface area contributed by atoms with Crippen molar-refractivity contribution in [3.05, 3.63) is 59.3 Å². The molecule has 1 aromatic heterocycles. The molecular weight excluding hydrogens is 338 g/mol. The lowest BCUT2D eigenvalue weighted by atomic mass is 10.1. The number of primary sulfonamides is 1. The van der Waals surface area contributed by atoms with Gasteiger partial charge in [-0.25, -0.2) is 13.6 Å². The van der Waals surface area contributed by atoms with Crippen molar-refractivity contribution in [3.8, 4) is 0 Å². The maximum atomic E-state index is 12.5. The quantitative estimate of drug-likeness (QED) is 0.754. The summed E-state index contributed by atoms with van der Waals surface area (Å²) in [6.45, 7) is 4.08. The second kappa shape index (κ2) is 6.02. The highest BCUT2D eigenvalue weighted by Crippen LogP contribution is 2.25. The number of nitrogens with zero attached hydrogens (tertiary/aromatic N) is 1. The smallest absolute Gasteiger partial charge is 0.255 e. The van der Waals surface area contributed by atoms with Gasteiger partial charge in [-0.05, 0) is 61.9 Å². The molecule has 3 rings (SSSR count). The first-order valence-electron chi connectivity index (χ1n) is 7.68. The van der Waals surface area contributed by atoms with Crippen LogP contribution in [0.25, 0.3) is 10.9 Å². The van der Waals surface area contributed by atoms with E-state index in [9.17, 15) is 13.2 Å². The normalized spacial score (nSPS) is 11.7. The van der Waals surface area contributed by atoms with Crippen molar-refractivity contribution in [2.24, 2.45) is 12.2 Å². The molecule has 25 heavy (non-hydrogen) atoms. The fourth-order valence-electron chi connectivity index (χ4n) is 2.83. The third-order valence-electron chi connectivity index (χ3n) is 4.51. The van der Waals surface area contributed by atoms with Crippen molar-refractivity contribution in [1.29, 1.82) is 0 Å². The van der Waals surface area contributed by atoms with Gasteiger partial charge >= 0.3 is 0 Å². The zero-order valence-corrected chi connectivity index (χ0v) is 15.0. The van der Waals surface area contributed by atoms with E-state index in [0.29, 0.717) is 11.3 Å². The van der Waals surface area contributed by atoms with Crippen molar-refractivity contribution in [2.75, 3.05) is 5.32 Å². The molecule has 0 radical (unpaired) electrons. The van der Waals surface area contributed by atoms with Gasteiger partial charge in [0.2, 0.25) is 10.0 Å². The van der Waals surface area contributed by atoms with E-state index < -0.39 is 10.0 Å². The molecule has 1 amide bonds. The van der Waals surface area contributed by atoms with Gasteiger partial charge in [-0.2, -0.15) is 0 Å². The number of benzene rings is 2. The molecule has 1 heterocycles. The Kier molecular flexibility index (Phi) is 4.14. The van der Waals surface area contributed by atoms with E-state index in [1.807, 2.05) is 33.0 Å². The van der Waals surface area contributed by atoms with Gasteiger partial charge in [0, 0.05) is 34.9 Å². The number of aromatic nitrogens is 1. The summed E-state index contributed by atoms with van der Waals surface area (Å²) < 4.78 is 24.6. The molecule has 0 bridgehead atoms. The van der Waals surface area contributed by atoms with Crippen LogP contribution in [0.1, 0.15) is 21.6 Å². The second-order valence-corrected chi connectivity index (χ2v) is 7.59. The molecule has 3 N–H and O–H groups in total. The summed E-state index contributed by atoms with van der Waals surface area (Å²) in [5, 5.41) is 8.86. The third kappa shape index (κ3) is 3.16. The molecular formula is C18H19N3O3S. The lowest BCUT2D eigenvalue weighted by Crippen LogP contribution is -2.13. The summed E-state index contributed by atoms with van der Waals surface area (Å²) in [5.41, 5.74) is 4.41. The Bertz CT molecular complexity index is 1080. The van der Waals surface area contributed by atoms with Gasteiger partial charge in [-0.1, -0.05) is 0 Å². The fourth-order valence-corrected chi connectivity index (χ4v) is 3.34. The molecule has 6 nitrogen and oxygen atoms in total. The van der Waals surface area contributed by atoms with E-state index in [2.05, 4.69) is 9.88 Å². The lowest BCUT2D eigenvalue weighted by Gasteiger charge is -2.07. The van der Waals surface area contributed by atoms with Crippen LogP contribution in [-0.4, -0.2) is 18.9 Å². The number of carbonyl (C=O) groups excluding carboxylic acids is 1. The van der Waals surface area contributed by atoms with Crippen molar-refractivity contribution in [3.63, 3.8) is 0 Å². The first-order valence-corrected chi connectivity index (χ1v) is 9.23. The van der Waals surface area contributed by atoms with Crippen LogP contribution >= 0.6 is 0 Å². The average molecular weight is 357 g/mol. The average Bonchev–Trinajstić information content (AvgIpc) is 2.79. The predicted octanol–water partition coefficient (Wildman–Crippen LogP) is 2.69. The van der Waals surface area contributed by atoms with Crippen LogP contribution in [0.5, 0.6) is 0 Å². The SMILES string of the molecule is Cc1c(C)n(C)c2ccc(C(=O)Nc3ccc(S(N)(=O)=O)cc3)cc12. The van der Waals surface area contributed by atoms with Crippen molar-refractivity contribution >= 4 is 32.5 Å². The van der Waals surface area contributed by atoms with Crippen LogP contribution in [0.4, 0.5) is 5.69 Å². The van der Waals surface area contributed by atoms with Crippen LogP contribution in [0.3, 0.4) is 0 Å². The molecule has 0 saturated heterocycles. The summed E-state index contributed by atoms with van der Waals surface area (Å²) in [6.07, 6.45) is 0. The van der Waals surface area contributed by atoms with E-state index in [1.165, 1.54) is 24.3 Å². The topological polar surface area (TPSA) is 94.2 Å². The molecule has 0 aliphatic carbocycles. The zero-order chi connectivity index (χ0) is 18.4. The summed E-state index contributed by atoms with van der Waals surface area (Å²) in [5.74, 6) is -0.258. The van der Waals surface area contributed by atoms with Gasteiger partial charge in [0.25, 0.3) is 5.91 Å². The largest absolute Gasteiger partial charge is 0.348 e. The Morgan fingerprint density at radius 1 is 1.08 bits per heavy atom. The molecule has 0 unspecified atom stereocenters. The standard InChI is InChI=1S/C18H19N3O3S/c1-11-12(2)21(3)17-9-4-13(10-16(11)17)18(22)20-14-5-7-15(8-6-14)25(19,23)24/h4-10H,1-3H3,(H,20,22)(H2,19,23,24). The Labute approximate surface area is 146 Å². The maximum absolute atomic E-state index is 12.5. The van der Waals surface area contributed by atoms with Gasteiger partial charge in [0.05, 0.1) is 4.90 Å². The number of rotatable bonds is 3. The van der Waals surface area contributed by atoms with Gasteiger partial charge in [-0.15, -0.1) is 0 Å². The monoisotopic (exact) mass is 357 g/mol. The van der Waals surface area contributed by atoms with Crippen LogP contribution in [0.15, 0.2) is 47.4 Å². The molecule has 2 aromatic carbocycles. The van der Waals surface area contributed by atoms with Gasteiger partial charge in [0.15, 0.2) is 0 Å². The number of nitrogens with two attached hydrogens (primary N) is 1. The molecule has 7 heteroatoms. The maximum Gasteiger partial charge on any atom is 0.255 e. The Balaban J connectivity index is 1.88. The van der Waals surface area contributed by atoms with E-state index in [-0.39, 0.29) is 10.8 Å². The highest BCUT2D eigenvalue weighted by atomic mass is 32.2. The molecule has 0 fully saturated rings. The van der Waals surface area contributed by atoms with E-state index >= 15 is 0 Å². The molecule has 0 aliphatic rings. The van der Waals surface area contributed by atoms with E-state index in [1.54, 1.807) is 6.07 Å². The molecule has 0 atom stereocenters. The summed E-state index contributed by atoms with van der Waals surface area (Å²) >= 11 is 0. The third-order valence-corrected chi connectivity index (χ3v) is 5.44. The number of sulfonamides is 1. The van der Waals surface area contributed by atoms with Gasteiger partial charge < -0.3 is 9.88 Å². The summed E-state index contributed by atoms with van der Waals surface area (Å²) in [4.78, 5) is 12.5. The number of amides is 1. The van der Waals surface area contributed by atoms with E-state index in [0.717, 1.165) is 22.2 Å². The minimum atomic E-state index is -3.75. The number of carbonyl (C=O) groups is 1. The predicted molar refractivity (Wildman–Crippen MR) is 98.2 cm³/mol. The number of hydrogen-bond acceptors (Lipinski definition) is 3. The Morgan fingerprint density at radius 3 is 2.32 bits per heavy atom. The first-order chi connectivity index (χ1) is 11.7. The Morgan fingerprint density at radius 2 is 1.72 bits per heavy atom. The second-order valence-electron chi connectivity index (χ2n) is 6.02. The zero-order valence-electron chi connectivity index (χ0n) is 14.2. The number of hydrogen-bond donors (Lipinski definition) is 2. The fraction of sp³-hybridized carbons (Fsp3) is 0.167. The minimum Gasteiger partial charge on any atom is -0.348 e.